The molecule has 6 nitrogen and oxygen atoms in total. The summed E-state index contributed by atoms with van der Waals surface area (Å²) in [6, 6.07) is 23.3. The van der Waals surface area contributed by atoms with Crippen LogP contribution in [0.25, 0.3) is 28.1 Å². The molecule has 4 aromatic rings. The van der Waals surface area contributed by atoms with Crippen LogP contribution in [0.4, 0.5) is 0 Å². The Hall–Kier alpha value is -4.06. The molecule has 0 spiro atoms. The van der Waals surface area contributed by atoms with E-state index in [9.17, 15) is 15.0 Å². The molecule has 29 heavy (non-hydrogen) atoms. The first-order valence-electron chi connectivity index (χ1n) is 8.94. The van der Waals surface area contributed by atoms with E-state index in [2.05, 4.69) is 5.10 Å². The summed E-state index contributed by atoms with van der Waals surface area (Å²) in [5.74, 6) is -1.06. The molecule has 0 amide bonds. The molecule has 0 bridgehead atoms. The lowest BCUT2D eigenvalue weighted by Crippen LogP contribution is -2.05. The third-order valence-electron chi connectivity index (χ3n) is 4.58. The predicted molar refractivity (Wildman–Crippen MR) is 109 cm³/mol. The van der Waals surface area contributed by atoms with Crippen LogP contribution in [0.1, 0.15) is 10.5 Å². The van der Waals surface area contributed by atoms with Crippen molar-refractivity contribution in [2.45, 2.75) is 0 Å². The minimum absolute atomic E-state index is 0.158. The molecule has 3 aromatic carbocycles. The Labute approximate surface area is 167 Å². The highest BCUT2D eigenvalue weighted by molar-refractivity contribution is 6.00. The van der Waals surface area contributed by atoms with E-state index >= 15 is 0 Å². The van der Waals surface area contributed by atoms with Gasteiger partial charge in [0, 0.05) is 11.1 Å². The minimum atomic E-state index is -0.567. The number of aromatic hydroxyl groups is 2. The Morgan fingerprint density at radius 1 is 0.862 bits per heavy atom. The fourth-order valence-electron chi connectivity index (χ4n) is 3.23. The van der Waals surface area contributed by atoms with E-state index in [1.807, 2.05) is 60.7 Å². The monoisotopic (exact) mass is 386 g/mol. The fraction of sp³-hybridized carbons (Fsp3) is 0.0435. The van der Waals surface area contributed by atoms with Crippen LogP contribution >= 0.6 is 0 Å². The zero-order valence-corrected chi connectivity index (χ0v) is 15.6. The van der Waals surface area contributed by atoms with Crippen LogP contribution in [0.2, 0.25) is 0 Å². The molecular weight excluding hydrogens is 368 g/mol. The van der Waals surface area contributed by atoms with Gasteiger partial charge < -0.3 is 14.9 Å². The van der Waals surface area contributed by atoms with E-state index in [0.29, 0.717) is 16.8 Å². The predicted octanol–water partition coefficient (Wildman–Crippen LogP) is 4.40. The summed E-state index contributed by atoms with van der Waals surface area (Å²) in [4.78, 5) is 12.6. The Morgan fingerprint density at radius 2 is 1.52 bits per heavy atom. The second kappa shape index (κ2) is 7.52. The molecule has 144 valence electrons. The van der Waals surface area contributed by atoms with Crippen molar-refractivity contribution in [2.24, 2.45) is 0 Å². The molecular formula is C23H18N2O4. The number of nitrogens with zero attached hydrogens (tertiary/aromatic N) is 2. The smallest absolute Gasteiger partial charge is 0.359 e. The maximum atomic E-state index is 12.6. The molecule has 0 aliphatic heterocycles. The van der Waals surface area contributed by atoms with Gasteiger partial charge in [-0.15, -0.1) is 0 Å². The van der Waals surface area contributed by atoms with E-state index < -0.39 is 5.97 Å². The normalized spacial score (nSPS) is 10.7. The van der Waals surface area contributed by atoms with E-state index in [1.165, 1.54) is 19.2 Å². The molecule has 0 atom stereocenters. The number of hydrogen-bond acceptors (Lipinski definition) is 5. The van der Waals surface area contributed by atoms with Crippen LogP contribution in [0.3, 0.4) is 0 Å². The van der Waals surface area contributed by atoms with Gasteiger partial charge in [-0.05, 0) is 35.9 Å². The van der Waals surface area contributed by atoms with Gasteiger partial charge in [0.15, 0.2) is 17.2 Å². The van der Waals surface area contributed by atoms with Crippen molar-refractivity contribution in [3.05, 3.63) is 84.6 Å². The van der Waals surface area contributed by atoms with Crippen molar-refractivity contribution in [3.63, 3.8) is 0 Å². The Morgan fingerprint density at radius 3 is 2.14 bits per heavy atom. The lowest BCUT2D eigenvalue weighted by Gasteiger charge is -2.11. The summed E-state index contributed by atoms with van der Waals surface area (Å²) < 4.78 is 6.62. The number of esters is 1. The van der Waals surface area contributed by atoms with Crippen molar-refractivity contribution in [2.75, 3.05) is 7.11 Å². The van der Waals surface area contributed by atoms with Gasteiger partial charge in [0.1, 0.15) is 0 Å². The van der Waals surface area contributed by atoms with Crippen LogP contribution in [0, 0.1) is 0 Å². The number of hydrogen-bond donors (Lipinski definition) is 2. The number of methoxy groups -OCH3 is 1. The van der Waals surface area contributed by atoms with Crippen LogP contribution in [0.15, 0.2) is 78.9 Å². The molecule has 1 aromatic heterocycles. The van der Waals surface area contributed by atoms with Gasteiger partial charge in [0.25, 0.3) is 0 Å². The van der Waals surface area contributed by atoms with Gasteiger partial charge in [0.05, 0.1) is 18.5 Å². The summed E-state index contributed by atoms with van der Waals surface area (Å²) in [7, 11) is 1.31. The summed E-state index contributed by atoms with van der Waals surface area (Å²) in [6.45, 7) is 0. The first kappa shape index (κ1) is 18.3. The van der Waals surface area contributed by atoms with Gasteiger partial charge in [-0.25, -0.2) is 9.48 Å². The van der Waals surface area contributed by atoms with Crippen molar-refractivity contribution < 1.29 is 19.7 Å². The molecule has 6 heteroatoms. The van der Waals surface area contributed by atoms with E-state index in [4.69, 9.17) is 4.74 Å². The summed E-state index contributed by atoms with van der Waals surface area (Å²) in [5, 5.41) is 24.4. The van der Waals surface area contributed by atoms with Gasteiger partial charge in [-0.1, -0.05) is 48.5 Å². The SMILES string of the molecule is COC(=O)c1nn(-c2ccccc2)c(-c2ccc(O)c(O)c2)c1-c1ccccc1. The molecule has 0 saturated carbocycles. The average molecular weight is 386 g/mol. The topological polar surface area (TPSA) is 84.6 Å². The Bertz CT molecular complexity index is 1170. The average Bonchev–Trinajstić information content (AvgIpc) is 3.17. The third-order valence-corrected chi connectivity index (χ3v) is 4.58. The molecule has 1 heterocycles. The molecule has 0 aliphatic carbocycles. The number of benzene rings is 3. The van der Waals surface area contributed by atoms with Crippen molar-refractivity contribution in [3.8, 4) is 39.6 Å². The summed E-state index contributed by atoms with van der Waals surface area (Å²) in [5.41, 5.74) is 3.43. The van der Waals surface area contributed by atoms with E-state index in [0.717, 1.165) is 11.3 Å². The highest BCUT2D eigenvalue weighted by atomic mass is 16.5. The van der Waals surface area contributed by atoms with Crippen molar-refractivity contribution >= 4 is 5.97 Å². The summed E-state index contributed by atoms with van der Waals surface area (Å²) >= 11 is 0. The number of ether oxygens (including phenoxy) is 1. The van der Waals surface area contributed by atoms with Crippen LogP contribution in [-0.2, 0) is 4.74 Å². The highest BCUT2D eigenvalue weighted by Crippen LogP contribution is 2.39. The van der Waals surface area contributed by atoms with Gasteiger partial charge >= 0.3 is 5.97 Å². The van der Waals surface area contributed by atoms with E-state index in [1.54, 1.807) is 10.7 Å². The maximum absolute atomic E-state index is 12.6. The second-order valence-corrected chi connectivity index (χ2v) is 6.38. The first-order chi connectivity index (χ1) is 14.1. The maximum Gasteiger partial charge on any atom is 0.359 e. The largest absolute Gasteiger partial charge is 0.504 e. The second-order valence-electron chi connectivity index (χ2n) is 6.38. The van der Waals surface area contributed by atoms with Crippen LogP contribution < -0.4 is 0 Å². The Kier molecular flexibility index (Phi) is 4.75. The molecule has 0 saturated heterocycles. The molecule has 0 aliphatic rings. The van der Waals surface area contributed by atoms with Crippen molar-refractivity contribution in [1.82, 2.24) is 9.78 Å². The van der Waals surface area contributed by atoms with Crippen LogP contribution in [-0.4, -0.2) is 33.1 Å². The van der Waals surface area contributed by atoms with Gasteiger partial charge in [0.2, 0.25) is 0 Å². The van der Waals surface area contributed by atoms with Crippen LogP contribution in [0.5, 0.6) is 11.5 Å². The van der Waals surface area contributed by atoms with Gasteiger partial charge in [-0.2, -0.15) is 5.10 Å². The zero-order chi connectivity index (χ0) is 20.4. The number of rotatable bonds is 4. The first-order valence-corrected chi connectivity index (χ1v) is 8.94. The lowest BCUT2D eigenvalue weighted by atomic mass is 9.98. The number of para-hydroxylation sites is 1. The lowest BCUT2D eigenvalue weighted by molar-refractivity contribution is 0.0594. The Balaban J connectivity index is 2.10. The summed E-state index contributed by atoms with van der Waals surface area (Å²) in [6.07, 6.45) is 0. The quantitative estimate of drug-likeness (QED) is 0.401. The van der Waals surface area contributed by atoms with Gasteiger partial charge in [-0.3, -0.25) is 0 Å². The standard InChI is InChI=1S/C23H18N2O4/c1-29-23(28)21-20(15-8-4-2-5-9-15)22(16-12-13-18(26)19(27)14-16)25(24-21)17-10-6-3-7-11-17/h2-14,26-27H,1H3. The number of carbonyl (C=O) groups is 1. The molecule has 4 rings (SSSR count). The number of phenols is 2. The van der Waals surface area contributed by atoms with Crippen molar-refractivity contribution in [1.29, 1.82) is 0 Å². The minimum Gasteiger partial charge on any atom is -0.504 e. The molecule has 0 fully saturated rings. The number of phenolic OH excluding ortho intramolecular Hbond substituents is 2. The molecule has 2 N–H and O–H groups in total. The molecule has 0 unspecified atom stereocenters. The number of aromatic nitrogens is 2. The zero-order valence-electron chi connectivity index (χ0n) is 15.6. The van der Waals surface area contributed by atoms with E-state index in [-0.39, 0.29) is 17.2 Å². The highest BCUT2D eigenvalue weighted by Gasteiger charge is 2.27. The molecule has 0 radical (unpaired) electrons. The third kappa shape index (κ3) is 3.32. The fourth-order valence-corrected chi connectivity index (χ4v) is 3.23. The number of carbonyl (C=O) groups excluding carboxylic acids is 1.